The summed E-state index contributed by atoms with van der Waals surface area (Å²) in [6, 6.07) is 7.10. The Kier molecular flexibility index (Phi) is 5.12. The lowest BCUT2D eigenvalue weighted by atomic mass is 10.1. The number of carbonyl (C=O) groups excluding carboxylic acids is 1. The third-order valence-electron chi connectivity index (χ3n) is 3.96. The summed E-state index contributed by atoms with van der Waals surface area (Å²) in [6.07, 6.45) is 2.90. The van der Waals surface area contributed by atoms with Crippen LogP contribution < -0.4 is 10.6 Å². The third-order valence-corrected chi connectivity index (χ3v) is 3.96. The summed E-state index contributed by atoms with van der Waals surface area (Å²) in [7, 11) is 0. The Labute approximate surface area is 133 Å². The van der Waals surface area contributed by atoms with E-state index in [2.05, 4.69) is 36.6 Å². The van der Waals surface area contributed by atoms with Crippen LogP contribution in [0.4, 0.5) is 10.5 Å². The maximum absolute atomic E-state index is 11.8. The van der Waals surface area contributed by atoms with Crippen molar-refractivity contribution in [3.8, 4) is 0 Å². The van der Waals surface area contributed by atoms with Crippen LogP contribution in [0.2, 0.25) is 0 Å². The number of hydrogen-bond acceptors (Lipinski definition) is 3. The molecule has 1 aromatic carbocycles. The SMILES string of the molecule is CCC(C)NC1CCc2cc(NC(=O)OC(C)(C)C)ccc21. The average Bonchev–Trinajstić information content (AvgIpc) is 2.78. The molecule has 0 aromatic heterocycles. The van der Waals surface area contributed by atoms with Crippen molar-refractivity contribution in [1.82, 2.24) is 5.32 Å². The van der Waals surface area contributed by atoms with Crippen LogP contribution in [0, 0.1) is 0 Å². The van der Waals surface area contributed by atoms with E-state index >= 15 is 0 Å². The number of ether oxygens (including phenoxy) is 1. The third kappa shape index (κ3) is 4.47. The van der Waals surface area contributed by atoms with E-state index in [1.807, 2.05) is 26.8 Å². The van der Waals surface area contributed by atoms with Crippen LogP contribution in [-0.2, 0) is 11.2 Å². The van der Waals surface area contributed by atoms with Crippen LogP contribution in [0.3, 0.4) is 0 Å². The number of benzene rings is 1. The lowest BCUT2D eigenvalue weighted by Crippen LogP contribution is -2.28. The summed E-state index contributed by atoms with van der Waals surface area (Å²) in [5.41, 5.74) is 2.99. The molecule has 4 nitrogen and oxygen atoms in total. The second kappa shape index (κ2) is 6.69. The molecule has 2 atom stereocenters. The van der Waals surface area contributed by atoms with Gasteiger partial charge in [0.15, 0.2) is 0 Å². The standard InChI is InChI=1S/C18H28N2O2/c1-6-12(2)19-16-10-7-13-11-14(8-9-15(13)16)20-17(21)22-18(3,4)5/h8-9,11-12,16,19H,6-7,10H2,1-5H3,(H,20,21). The number of fused-ring (bicyclic) bond motifs is 1. The average molecular weight is 304 g/mol. The van der Waals surface area contributed by atoms with Gasteiger partial charge in [-0.1, -0.05) is 13.0 Å². The molecule has 122 valence electrons. The van der Waals surface area contributed by atoms with Crippen molar-refractivity contribution in [3.05, 3.63) is 29.3 Å². The van der Waals surface area contributed by atoms with Crippen LogP contribution in [-0.4, -0.2) is 17.7 Å². The topological polar surface area (TPSA) is 50.4 Å². The molecule has 2 N–H and O–H groups in total. The first-order chi connectivity index (χ1) is 10.3. The Morgan fingerprint density at radius 1 is 1.41 bits per heavy atom. The molecule has 1 aliphatic carbocycles. The van der Waals surface area contributed by atoms with Gasteiger partial charge in [0.25, 0.3) is 0 Å². The highest BCUT2D eigenvalue weighted by atomic mass is 16.6. The molecule has 4 heteroatoms. The molecule has 0 bridgehead atoms. The summed E-state index contributed by atoms with van der Waals surface area (Å²) >= 11 is 0. The zero-order valence-electron chi connectivity index (χ0n) is 14.3. The normalized spacial score (nSPS) is 18.7. The van der Waals surface area contributed by atoms with Gasteiger partial charge in [0.1, 0.15) is 5.60 Å². The molecule has 2 unspecified atom stereocenters. The van der Waals surface area contributed by atoms with E-state index in [1.54, 1.807) is 0 Å². The van der Waals surface area contributed by atoms with E-state index in [0.717, 1.165) is 24.9 Å². The highest BCUT2D eigenvalue weighted by molar-refractivity contribution is 5.85. The molecule has 0 heterocycles. The van der Waals surface area contributed by atoms with Gasteiger partial charge >= 0.3 is 6.09 Å². The smallest absolute Gasteiger partial charge is 0.412 e. The molecule has 1 amide bonds. The van der Waals surface area contributed by atoms with Gasteiger partial charge < -0.3 is 10.1 Å². The summed E-state index contributed by atoms with van der Waals surface area (Å²) in [4.78, 5) is 11.8. The van der Waals surface area contributed by atoms with Crippen LogP contribution in [0.5, 0.6) is 0 Å². The molecular formula is C18H28N2O2. The molecule has 0 aliphatic heterocycles. The summed E-state index contributed by atoms with van der Waals surface area (Å²) < 4.78 is 5.29. The zero-order chi connectivity index (χ0) is 16.3. The fraction of sp³-hybridized carbons (Fsp3) is 0.611. The first-order valence-electron chi connectivity index (χ1n) is 8.17. The number of carbonyl (C=O) groups is 1. The number of aryl methyl sites for hydroxylation is 1. The molecule has 0 saturated heterocycles. The maximum Gasteiger partial charge on any atom is 0.412 e. The van der Waals surface area contributed by atoms with Gasteiger partial charge in [0, 0.05) is 17.8 Å². The lowest BCUT2D eigenvalue weighted by Gasteiger charge is -2.20. The minimum absolute atomic E-state index is 0.403. The van der Waals surface area contributed by atoms with Gasteiger partial charge in [-0.25, -0.2) is 4.79 Å². The van der Waals surface area contributed by atoms with E-state index in [1.165, 1.54) is 11.1 Å². The molecule has 1 aromatic rings. The Hall–Kier alpha value is -1.55. The van der Waals surface area contributed by atoms with Crippen molar-refractivity contribution in [2.45, 2.75) is 71.6 Å². The number of amides is 1. The van der Waals surface area contributed by atoms with Crippen molar-refractivity contribution >= 4 is 11.8 Å². The Morgan fingerprint density at radius 3 is 2.77 bits per heavy atom. The van der Waals surface area contributed by atoms with Crippen LogP contribution in [0.25, 0.3) is 0 Å². The fourth-order valence-corrected chi connectivity index (χ4v) is 2.75. The van der Waals surface area contributed by atoms with Crippen molar-refractivity contribution in [2.75, 3.05) is 5.32 Å². The van der Waals surface area contributed by atoms with E-state index in [4.69, 9.17) is 4.74 Å². The maximum atomic E-state index is 11.8. The monoisotopic (exact) mass is 304 g/mol. The number of rotatable bonds is 4. The zero-order valence-corrected chi connectivity index (χ0v) is 14.3. The molecule has 2 rings (SSSR count). The highest BCUT2D eigenvalue weighted by Crippen LogP contribution is 2.33. The second-order valence-corrected chi connectivity index (χ2v) is 7.11. The minimum atomic E-state index is -0.480. The van der Waals surface area contributed by atoms with Gasteiger partial charge in [-0.3, -0.25) is 5.32 Å². The van der Waals surface area contributed by atoms with Crippen molar-refractivity contribution in [1.29, 1.82) is 0 Å². The Balaban J connectivity index is 2.02. The van der Waals surface area contributed by atoms with E-state index in [0.29, 0.717) is 12.1 Å². The van der Waals surface area contributed by atoms with Gasteiger partial charge in [-0.15, -0.1) is 0 Å². The molecule has 0 spiro atoms. The number of anilines is 1. The van der Waals surface area contributed by atoms with Crippen LogP contribution in [0.15, 0.2) is 18.2 Å². The van der Waals surface area contributed by atoms with Crippen molar-refractivity contribution < 1.29 is 9.53 Å². The van der Waals surface area contributed by atoms with Gasteiger partial charge in [0.05, 0.1) is 0 Å². The molecule has 0 fully saturated rings. The Bertz CT molecular complexity index is 534. The first kappa shape index (κ1) is 16.8. The molecule has 1 aliphatic rings. The first-order valence-corrected chi connectivity index (χ1v) is 8.17. The van der Waals surface area contributed by atoms with Crippen LogP contribution >= 0.6 is 0 Å². The molecule has 0 radical (unpaired) electrons. The summed E-state index contributed by atoms with van der Waals surface area (Å²) in [5.74, 6) is 0. The van der Waals surface area contributed by atoms with Crippen LogP contribution in [0.1, 0.15) is 64.6 Å². The quantitative estimate of drug-likeness (QED) is 0.866. The fourth-order valence-electron chi connectivity index (χ4n) is 2.75. The highest BCUT2D eigenvalue weighted by Gasteiger charge is 2.24. The van der Waals surface area contributed by atoms with E-state index in [9.17, 15) is 4.79 Å². The summed E-state index contributed by atoms with van der Waals surface area (Å²) in [6.45, 7) is 10.00. The van der Waals surface area contributed by atoms with Gasteiger partial charge in [-0.2, -0.15) is 0 Å². The molecular weight excluding hydrogens is 276 g/mol. The van der Waals surface area contributed by atoms with Gasteiger partial charge in [0.2, 0.25) is 0 Å². The van der Waals surface area contributed by atoms with Crippen molar-refractivity contribution in [3.63, 3.8) is 0 Å². The predicted molar refractivity (Wildman–Crippen MR) is 90.2 cm³/mol. The lowest BCUT2D eigenvalue weighted by molar-refractivity contribution is 0.0636. The molecule has 22 heavy (non-hydrogen) atoms. The molecule has 0 saturated carbocycles. The largest absolute Gasteiger partial charge is 0.444 e. The van der Waals surface area contributed by atoms with E-state index < -0.39 is 11.7 Å². The number of nitrogens with one attached hydrogen (secondary N) is 2. The minimum Gasteiger partial charge on any atom is -0.444 e. The predicted octanol–water partition coefficient (Wildman–Crippen LogP) is 4.41. The van der Waals surface area contributed by atoms with Gasteiger partial charge in [-0.05, 0) is 70.2 Å². The number of hydrogen-bond donors (Lipinski definition) is 2. The summed E-state index contributed by atoms with van der Waals surface area (Å²) in [5, 5.41) is 6.48. The Morgan fingerprint density at radius 2 is 2.14 bits per heavy atom. The van der Waals surface area contributed by atoms with Crippen molar-refractivity contribution in [2.24, 2.45) is 0 Å². The second-order valence-electron chi connectivity index (χ2n) is 7.11. The van der Waals surface area contributed by atoms with E-state index in [-0.39, 0.29) is 0 Å².